The maximum absolute atomic E-state index is 12.7. The van der Waals surface area contributed by atoms with Crippen LogP contribution in [0, 0.1) is 20.8 Å². The molecule has 2 aromatic carbocycles. The molecule has 0 spiro atoms. The van der Waals surface area contributed by atoms with E-state index in [1.165, 1.54) is 30.6 Å². The molecule has 2 amide bonds. The topological polar surface area (TPSA) is 71.1 Å². The van der Waals surface area contributed by atoms with Crippen LogP contribution in [-0.4, -0.2) is 16.8 Å². The van der Waals surface area contributed by atoms with Crippen molar-refractivity contribution in [3.63, 3.8) is 0 Å². The van der Waals surface area contributed by atoms with Crippen LogP contribution in [-0.2, 0) is 4.79 Å². The lowest BCUT2D eigenvalue weighted by atomic mass is 9.90. The molecule has 0 unspecified atom stereocenters. The SMILES string of the molecule is O=C(Nc1ccc2nc(NC(=O)c3ccccc3)sc2c1)[C]1CCCCCCC1.[CH2].[CH2]. The molecule has 1 heterocycles. The Morgan fingerprint density at radius 1 is 0.806 bits per heavy atom. The number of nitrogens with one attached hydrogen (secondary N) is 2. The average molecular weight is 435 g/mol. The molecule has 4 rings (SSSR count). The normalized spacial score (nSPS) is 14.5. The fourth-order valence-electron chi connectivity index (χ4n) is 3.59. The molecule has 1 aliphatic rings. The highest BCUT2D eigenvalue weighted by Gasteiger charge is 2.20. The highest BCUT2D eigenvalue weighted by Crippen LogP contribution is 2.30. The Morgan fingerprint density at radius 2 is 1.48 bits per heavy atom. The summed E-state index contributed by atoms with van der Waals surface area (Å²) in [7, 11) is 0. The number of anilines is 2. The Bertz CT molecular complexity index is 992. The highest BCUT2D eigenvalue weighted by molar-refractivity contribution is 7.22. The monoisotopic (exact) mass is 434 g/mol. The van der Waals surface area contributed by atoms with E-state index in [0.717, 1.165) is 47.5 Å². The third-order valence-electron chi connectivity index (χ3n) is 5.18. The lowest BCUT2D eigenvalue weighted by molar-refractivity contribution is -0.115. The van der Waals surface area contributed by atoms with Crippen molar-refractivity contribution in [2.75, 3.05) is 10.6 Å². The summed E-state index contributed by atoms with van der Waals surface area (Å²) in [5.41, 5.74) is 2.16. The Balaban J connectivity index is 0.00000171. The summed E-state index contributed by atoms with van der Waals surface area (Å²) in [6.07, 6.45) is 7.68. The van der Waals surface area contributed by atoms with Crippen molar-refractivity contribution in [1.29, 1.82) is 0 Å². The summed E-state index contributed by atoms with van der Waals surface area (Å²) >= 11 is 1.40. The number of rotatable bonds is 4. The molecular weight excluding hydrogens is 406 g/mol. The third-order valence-corrected chi connectivity index (χ3v) is 6.11. The molecule has 1 saturated carbocycles. The molecule has 0 atom stereocenters. The molecular formula is C25H28N3O2S. The predicted octanol–water partition coefficient (Wildman–Crippen LogP) is 6.46. The second kappa shape index (κ2) is 11.6. The van der Waals surface area contributed by atoms with Crippen LogP contribution in [0.25, 0.3) is 10.2 Å². The number of amides is 2. The second-order valence-corrected chi connectivity index (χ2v) is 8.38. The highest BCUT2D eigenvalue weighted by atomic mass is 32.1. The van der Waals surface area contributed by atoms with Crippen LogP contribution in [0.1, 0.15) is 55.3 Å². The van der Waals surface area contributed by atoms with Crippen LogP contribution in [0.3, 0.4) is 0 Å². The Hall–Kier alpha value is -2.73. The number of aromatic nitrogens is 1. The van der Waals surface area contributed by atoms with Gasteiger partial charge in [-0.1, -0.05) is 76.5 Å². The number of thiazole rings is 1. The number of benzene rings is 2. The van der Waals surface area contributed by atoms with Crippen molar-refractivity contribution in [2.24, 2.45) is 0 Å². The van der Waals surface area contributed by atoms with E-state index < -0.39 is 0 Å². The van der Waals surface area contributed by atoms with E-state index >= 15 is 0 Å². The van der Waals surface area contributed by atoms with Gasteiger partial charge < -0.3 is 5.32 Å². The van der Waals surface area contributed by atoms with Crippen molar-refractivity contribution in [1.82, 2.24) is 4.98 Å². The second-order valence-electron chi connectivity index (χ2n) is 7.35. The predicted molar refractivity (Wildman–Crippen MR) is 129 cm³/mol. The minimum Gasteiger partial charge on any atom is -0.326 e. The van der Waals surface area contributed by atoms with Crippen molar-refractivity contribution in [3.8, 4) is 0 Å². The van der Waals surface area contributed by atoms with Gasteiger partial charge >= 0.3 is 0 Å². The van der Waals surface area contributed by atoms with Gasteiger partial charge in [-0.25, -0.2) is 4.98 Å². The van der Waals surface area contributed by atoms with Gasteiger partial charge in [0.2, 0.25) is 5.91 Å². The molecule has 3 aromatic rings. The van der Waals surface area contributed by atoms with E-state index in [4.69, 9.17) is 0 Å². The van der Waals surface area contributed by atoms with Gasteiger partial charge in [-0.3, -0.25) is 14.9 Å². The van der Waals surface area contributed by atoms with Crippen molar-refractivity contribution < 1.29 is 9.59 Å². The van der Waals surface area contributed by atoms with Gasteiger partial charge in [0.1, 0.15) is 0 Å². The molecule has 161 valence electrons. The summed E-state index contributed by atoms with van der Waals surface area (Å²) in [5, 5.41) is 6.44. The van der Waals surface area contributed by atoms with E-state index in [-0.39, 0.29) is 26.7 Å². The van der Waals surface area contributed by atoms with Crippen LogP contribution in [0.5, 0.6) is 0 Å². The largest absolute Gasteiger partial charge is 0.326 e. The van der Waals surface area contributed by atoms with E-state index in [9.17, 15) is 9.59 Å². The molecule has 6 heteroatoms. The van der Waals surface area contributed by atoms with Gasteiger partial charge in [-0.2, -0.15) is 0 Å². The van der Waals surface area contributed by atoms with Crippen LogP contribution in [0.15, 0.2) is 48.5 Å². The van der Waals surface area contributed by atoms with Gasteiger partial charge in [-0.15, -0.1) is 0 Å². The molecule has 0 saturated heterocycles. The fourth-order valence-corrected chi connectivity index (χ4v) is 4.49. The first-order chi connectivity index (χ1) is 14.2. The van der Waals surface area contributed by atoms with Crippen LogP contribution < -0.4 is 10.6 Å². The molecule has 2 N–H and O–H groups in total. The van der Waals surface area contributed by atoms with Crippen LogP contribution in [0.4, 0.5) is 10.8 Å². The maximum Gasteiger partial charge on any atom is 0.257 e. The summed E-state index contributed by atoms with van der Waals surface area (Å²) in [4.78, 5) is 29.5. The number of carbonyl (C=O) groups excluding carboxylic acids is 2. The molecule has 5 radical (unpaired) electrons. The van der Waals surface area contributed by atoms with E-state index in [1.807, 2.05) is 36.4 Å². The summed E-state index contributed by atoms with van der Waals surface area (Å²) in [6.45, 7) is 0. The van der Waals surface area contributed by atoms with Gasteiger partial charge in [-0.05, 0) is 43.2 Å². The Morgan fingerprint density at radius 3 is 2.19 bits per heavy atom. The zero-order valence-electron chi connectivity index (χ0n) is 17.7. The fraction of sp³-hybridized carbons (Fsp3) is 0.280. The standard InChI is InChI=1S/C23H24N3O2S.2CH2/c27-21(16-9-5-2-1-3-6-10-16)24-18-13-14-19-20(15-18)29-23(25-19)26-22(28)17-11-7-4-8-12-17;;/h4,7-8,11-15H,1-3,5-6,9-10H2,(H,24,27)(H,25,26,28);2*1H2. The summed E-state index contributed by atoms with van der Waals surface area (Å²) in [6, 6.07) is 14.7. The average Bonchev–Trinajstić information content (AvgIpc) is 3.09. The molecule has 0 bridgehead atoms. The lowest BCUT2D eigenvalue weighted by Gasteiger charge is -2.18. The van der Waals surface area contributed by atoms with Crippen molar-refractivity contribution in [2.45, 2.75) is 44.9 Å². The molecule has 1 aromatic heterocycles. The van der Waals surface area contributed by atoms with Gasteiger partial charge in [0.25, 0.3) is 5.91 Å². The lowest BCUT2D eigenvalue weighted by Crippen LogP contribution is -2.21. The number of hydrogen-bond acceptors (Lipinski definition) is 4. The Labute approximate surface area is 189 Å². The number of carbonyl (C=O) groups is 2. The van der Waals surface area contributed by atoms with E-state index in [2.05, 4.69) is 15.6 Å². The molecule has 31 heavy (non-hydrogen) atoms. The number of nitrogens with zero attached hydrogens (tertiary/aromatic N) is 1. The van der Waals surface area contributed by atoms with Gasteiger partial charge in [0.05, 0.1) is 16.1 Å². The first-order valence-electron chi connectivity index (χ1n) is 10.1. The minimum atomic E-state index is -0.182. The third kappa shape index (κ3) is 6.37. The quantitative estimate of drug-likeness (QED) is 0.495. The number of fused-ring (bicyclic) bond motifs is 1. The smallest absolute Gasteiger partial charge is 0.257 e. The zero-order valence-corrected chi connectivity index (χ0v) is 18.5. The van der Waals surface area contributed by atoms with Gasteiger partial charge in [0, 0.05) is 11.3 Å². The zero-order chi connectivity index (χ0) is 20.1. The molecule has 1 fully saturated rings. The van der Waals surface area contributed by atoms with Crippen molar-refractivity contribution in [3.05, 3.63) is 74.9 Å². The first kappa shape index (κ1) is 24.5. The van der Waals surface area contributed by atoms with Gasteiger partial charge in [0.15, 0.2) is 5.13 Å². The summed E-state index contributed by atoms with van der Waals surface area (Å²) < 4.78 is 0.925. The van der Waals surface area contributed by atoms with Crippen LogP contribution in [0.2, 0.25) is 0 Å². The Kier molecular flexibility index (Phi) is 9.19. The summed E-state index contributed by atoms with van der Waals surface area (Å²) in [5.74, 6) is 0.858. The molecule has 1 aliphatic carbocycles. The van der Waals surface area contributed by atoms with E-state index in [0.29, 0.717) is 10.7 Å². The number of hydrogen-bond donors (Lipinski definition) is 2. The molecule has 5 nitrogen and oxygen atoms in total. The van der Waals surface area contributed by atoms with E-state index in [1.54, 1.807) is 12.1 Å². The maximum atomic E-state index is 12.7. The van der Waals surface area contributed by atoms with Crippen molar-refractivity contribution >= 4 is 44.2 Å². The first-order valence-corrected chi connectivity index (χ1v) is 10.9. The molecule has 0 aliphatic heterocycles. The minimum absolute atomic E-state index is 0. The van der Waals surface area contributed by atoms with Crippen LogP contribution >= 0.6 is 11.3 Å².